The summed E-state index contributed by atoms with van der Waals surface area (Å²) in [6.45, 7) is 0. The highest BCUT2D eigenvalue weighted by molar-refractivity contribution is 6.01. The van der Waals surface area contributed by atoms with Crippen molar-refractivity contribution in [2.75, 3.05) is 0 Å². The molecule has 0 fully saturated rings. The maximum absolute atomic E-state index is 5.44. The molecule has 0 radical (unpaired) electrons. The standard InChI is InChI=1S/C60H38N4/c1-3-13-41-31-51-33-49(23-21-45(51)27-39(41)11-1)58-38-59(50-24-22-46-28-40-12-2-4-14-42(40)32-52(46)34-50)64-60(63-58)55-36-53(43-15-9-17-47(29-43)56-19-5-7-25-61-56)35-54(37-55)44-16-10-18-48(30-44)57-20-6-8-26-62-57/h1-38H. The number of rotatable bonds is 7. The number of aromatic nitrogens is 4. The van der Waals surface area contributed by atoms with Crippen LogP contribution in [0.3, 0.4) is 0 Å². The van der Waals surface area contributed by atoms with Gasteiger partial charge in [-0.05, 0) is 162 Å². The van der Waals surface area contributed by atoms with Crippen LogP contribution in [0.5, 0.6) is 0 Å². The molecule has 0 N–H and O–H groups in total. The Morgan fingerprint density at radius 2 is 0.578 bits per heavy atom. The predicted molar refractivity (Wildman–Crippen MR) is 266 cm³/mol. The first-order valence-corrected chi connectivity index (χ1v) is 21.6. The fraction of sp³-hybridized carbons (Fsp3) is 0. The Morgan fingerprint density at radius 3 is 1.03 bits per heavy atom. The molecule has 0 saturated carbocycles. The van der Waals surface area contributed by atoms with Crippen LogP contribution in [0.25, 0.3) is 122 Å². The fourth-order valence-electron chi connectivity index (χ4n) is 8.94. The van der Waals surface area contributed by atoms with Crippen LogP contribution in [0.2, 0.25) is 0 Å². The number of pyridine rings is 2. The third-order valence-corrected chi connectivity index (χ3v) is 12.2. The Bertz CT molecular complexity index is 3490. The van der Waals surface area contributed by atoms with Gasteiger partial charge in [-0.3, -0.25) is 9.97 Å². The molecule has 0 amide bonds. The van der Waals surface area contributed by atoms with Gasteiger partial charge < -0.3 is 0 Å². The van der Waals surface area contributed by atoms with Gasteiger partial charge in [0, 0.05) is 40.2 Å². The van der Waals surface area contributed by atoms with E-state index < -0.39 is 0 Å². The fourth-order valence-corrected chi connectivity index (χ4v) is 8.94. The molecule has 0 aliphatic heterocycles. The highest BCUT2D eigenvalue weighted by Gasteiger charge is 2.16. The summed E-state index contributed by atoms with van der Waals surface area (Å²) < 4.78 is 0. The topological polar surface area (TPSA) is 51.6 Å². The van der Waals surface area contributed by atoms with Crippen LogP contribution in [-0.2, 0) is 0 Å². The zero-order valence-corrected chi connectivity index (χ0v) is 34.7. The molecule has 9 aromatic carbocycles. The van der Waals surface area contributed by atoms with Gasteiger partial charge in [0.15, 0.2) is 5.82 Å². The average Bonchev–Trinajstić information content (AvgIpc) is 3.37. The summed E-state index contributed by atoms with van der Waals surface area (Å²) in [7, 11) is 0. The van der Waals surface area contributed by atoms with Crippen molar-refractivity contribution in [3.8, 4) is 78.7 Å². The second-order valence-corrected chi connectivity index (χ2v) is 16.4. The molecule has 4 nitrogen and oxygen atoms in total. The Hall–Kier alpha value is -8.60. The Labute approximate surface area is 370 Å². The minimum atomic E-state index is 0.648. The van der Waals surface area contributed by atoms with E-state index in [-0.39, 0.29) is 0 Å². The van der Waals surface area contributed by atoms with Gasteiger partial charge in [0.05, 0.1) is 22.8 Å². The van der Waals surface area contributed by atoms with Crippen LogP contribution in [0, 0.1) is 0 Å². The van der Waals surface area contributed by atoms with Gasteiger partial charge in [0.1, 0.15) is 0 Å². The third-order valence-electron chi connectivity index (χ3n) is 12.2. The first-order valence-electron chi connectivity index (χ1n) is 21.6. The summed E-state index contributed by atoms with van der Waals surface area (Å²) in [5.41, 5.74) is 12.9. The number of nitrogens with zero attached hydrogens (tertiary/aromatic N) is 4. The van der Waals surface area contributed by atoms with Gasteiger partial charge >= 0.3 is 0 Å². The Balaban J connectivity index is 1.07. The maximum Gasteiger partial charge on any atom is 0.160 e. The van der Waals surface area contributed by atoms with Crippen LogP contribution in [0.1, 0.15) is 0 Å². The van der Waals surface area contributed by atoms with E-state index in [1.165, 1.54) is 43.1 Å². The van der Waals surface area contributed by atoms with Crippen LogP contribution >= 0.6 is 0 Å². The lowest BCUT2D eigenvalue weighted by atomic mass is 9.93. The van der Waals surface area contributed by atoms with Gasteiger partial charge in [-0.1, -0.05) is 121 Å². The van der Waals surface area contributed by atoms with E-state index in [9.17, 15) is 0 Å². The maximum atomic E-state index is 5.44. The highest BCUT2D eigenvalue weighted by Crippen LogP contribution is 2.38. The van der Waals surface area contributed by atoms with Crippen molar-refractivity contribution >= 4 is 43.1 Å². The summed E-state index contributed by atoms with van der Waals surface area (Å²) in [6, 6.07) is 77.6. The van der Waals surface area contributed by atoms with Crippen molar-refractivity contribution in [1.29, 1.82) is 0 Å². The molecule has 12 aromatic rings. The zero-order chi connectivity index (χ0) is 42.4. The molecule has 0 spiro atoms. The van der Waals surface area contributed by atoms with Crippen molar-refractivity contribution in [2.24, 2.45) is 0 Å². The minimum Gasteiger partial charge on any atom is -0.256 e. The van der Waals surface area contributed by atoms with Gasteiger partial charge in [0.2, 0.25) is 0 Å². The number of fused-ring (bicyclic) bond motifs is 4. The van der Waals surface area contributed by atoms with Crippen molar-refractivity contribution < 1.29 is 0 Å². The molecule has 0 aliphatic rings. The summed E-state index contributed by atoms with van der Waals surface area (Å²) in [5, 5.41) is 9.59. The van der Waals surface area contributed by atoms with Gasteiger partial charge in [-0.25, -0.2) is 9.97 Å². The molecular formula is C60H38N4. The highest BCUT2D eigenvalue weighted by atomic mass is 14.9. The molecular weight excluding hydrogens is 777 g/mol. The van der Waals surface area contributed by atoms with E-state index in [2.05, 4.69) is 204 Å². The summed E-state index contributed by atoms with van der Waals surface area (Å²) in [4.78, 5) is 20.2. The molecule has 0 atom stereocenters. The van der Waals surface area contributed by atoms with Crippen LogP contribution in [0.4, 0.5) is 0 Å². The van der Waals surface area contributed by atoms with Gasteiger partial charge in [0.25, 0.3) is 0 Å². The largest absolute Gasteiger partial charge is 0.256 e. The Morgan fingerprint density at radius 1 is 0.203 bits per heavy atom. The van der Waals surface area contributed by atoms with E-state index >= 15 is 0 Å². The first-order chi connectivity index (χ1) is 31.6. The Kier molecular flexibility index (Phi) is 9.12. The quantitative estimate of drug-likeness (QED) is 0.150. The van der Waals surface area contributed by atoms with E-state index in [1.54, 1.807) is 0 Å². The summed E-state index contributed by atoms with van der Waals surface area (Å²) >= 11 is 0. The lowest BCUT2D eigenvalue weighted by Crippen LogP contribution is -1.97. The first kappa shape index (κ1) is 37.2. The van der Waals surface area contributed by atoms with Gasteiger partial charge in [-0.15, -0.1) is 0 Å². The third kappa shape index (κ3) is 7.13. The second-order valence-electron chi connectivity index (χ2n) is 16.4. The normalized spacial score (nSPS) is 11.4. The summed E-state index contributed by atoms with van der Waals surface area (Å²) in [6.07, 6.45) is 3.68. The van der Waals surface area contributed by atoms with Crippen LogP contribution < -0.4 is 0 Å². The smallest absolute Gasteiger partial charge is 0.160 e. The molecule has 12 rings (SSSR count). The monoisotopic (exact) mass is 814 g/mol. The molecule has 298 valence electrons. The van der Waals surface area contributed by atoms with Crippen molar-refractivity contribution in [1.82, 2.24) is 19.9 Å². The summed E-state index contributed by atoms with van der Waals surface area (Å²) in [5.74, 6) is 0.648. The molecule has 3 heterocycles. The molecule has 0 aliphatic carbocycles. The molecule has 0 unspecified atom stereocenters. The average molecular weight is 815 g/mol. The minimum absolute atomic E-state index is 0.648. The number of benzene rings is 9. The van der Waals surface area contributed by atoms with Crippen LogP contribution in [0.15, 0.2) is 231 Å². The van der Waals surface area contributed by atoms with Crippen molar-refractivity contribution in [2.45, 2.75) is 0 Å². The molecule has 0 bridgehead atoms. The molecule has 64 heavy (non-hydrogen) atoms. The predicted octanol–water partition coefficient (Wildman–Crippen LogP) is 15.5. The molecule has 4 heteroatoms. The lowest BCUT2D eigenvalue weighted by molar-refractivity contribution is 1.18. The zero-order valence-electron chi connectivity index (χ0n) is 34.7. The SMILES string of the molecule is c1ccc(-c2cccc(-c3cc(-c4cccc(-c5ccccn5)c4)cc(-c4nc(-c5ccc6cc7ccccc7cc6c5)cc(-c5ccc6cc7ccccc7cc6c5)n4)c3)c2)nc1. The van der Waals surface area contributed by atoms with E-state index in [0.717, 1.165) is 72.8 Å². The second kappa shape index (κ2) is 15.7. The number of hydrogen-bond donors (Lipinski definition) is 0. The lowest BCUT2D eigenvalue weighted by Gasteiger charge is -2.14. The van der Waals surface area contributed by atoms with E-state index in [1.807, 2.05) is 36.7 Å². The van der Waals surface area contributed by atoms with Crippen molar-refractivity contribution in [3.05, 3.63) is 231 Å². The van der Waals surface area contributed by atoms with E-state index in [4.69, 9.17) is 9.97 Å². The van der Waals surface area contributed by atoms with E-state index in [0.29, 0.717) is 5.82 Å². The number of hydrogen-bond acceptors (Lipinski definition) is 4. The van der Waals surface area contributed by atoms with Gasteiger partial charge in [-0.2, -0.15) is 0 Å². The van der Waals surface area contributed by atoms with Crippen molar-refractivity contribution in [3.63, 3.8) is 0 Å². The molecule has 0 saturated heterocycles. The van der Waals surface area contributed by atoms with Crippen LogP contribution in [-0.4, -0.2) is 19.9 Å². The molecule has 3 aromatic heterocycles.